The number of amides is 1. The molecule has 0 saturated heterocycles. The zero-order chi connectivity index (χ0) is 21.0. The van der Waals surface area contributed by atoms with Gasteiger partial charge in [-0.3, -0.25) is 9.79 Å². The number of nitrogens with zero attached hydrogens (tertiary/aromatic N) is 2. The van der Waals surface area contributed by atoms with Crippen molar-refractivity contribution in [2.75, 3.05) is 5.32 Å². The Hall–Kier alpha value is -3.81. The molecule has 2 aromatic heterocycles. The minimum absolute atomic E-state index is 0.126. The fourth-order valence-electron chi connectivity index (χ4n) is 3.85. The number of halogens is 2. The number of oxazole rings is 1. The summed E-state index contributed by atoms with van der Waals surface area (Å²) in [6.45, 7) is 3.42. The van der Waals surface area contributed by atoms with Crippen molar-refractivity contribution in [3.05, 3.63) is 70.8 Å². The van der Waals surface area contributed by atoms with Gasteiger partial charge in [-0.2, -0.15) is 4.39 Å². The van der Waals surface area contributed by atoms with E-state index in [2.05, 4.69) is 20.3 Å². The average molecular weight is 406 g/mol. The lowest BCUT2D eigenvalue weighted by Crippen LogP contribution is -2.16. The van der Waals surface area contributed by atoms with E-state index in [1.807, 2.05) is 6.07 Å². The van der Waals surface area contributed by atoms with E-state index in [-0.39, 0.29) is 23.5 Å². The van der Waals surface area contributed by atoms with Crippen molar-refractivity contribution in [2.24, 2.45) is 4.99 Å². The van der Waals surface area contributed by atoms with Crippen LogP contribution in [0.4, 0.5) is 14.5 Å². The third kappa shape index (κ3) is 2.88. The summed E-state index contributed by atoms with van der Waals surface area (Å²) in [6.07, 6.45) is 1.72. The van der Waals surface area contributed by atoms with Crippen LogP contribution in [0.15, 0.2) is 45.9 Å². The van der Waals surface area contributed by atoms with E-state index in [1.54, 1.807) is 32.2 Å². The smallest absolute Gasteiger partial charge is 0.277 e. The predicted octanol–water partition coefficient (Wildman–Crippen LogP) is 5.06. The van der Waals surface area contributed by atoms with Gasteiger partial charge in [0.2, 0.25) is 5.97 Å². The van der Waals surface area contributed by atoms with Crippen molar-refractivity contribution >= 4 is 28.5 Å². The number of rotatable bonds is 3. The van der Waals surface area contributed by atoms with Crippen LogP contribution in [0.3, 0.4) is 0 Å². The molecule has 30 heavy (non-hydrogen) atoms. The Labute approximate surface area is 169 Å². The number of aryl methyl sites for hydroxylation is 2. The van der Waals surface area contributed by atoms with Crippen LogP contribution >= 0.6 is 0 Å². The lowest BCUT2D eigenvalue weighted by Gasteiger charge is -2.13. The van der Waals surface area contributed by atoms with E-state index < -0.39 is 17.7 Å². The van der Waals surface area contributed by atoms with E-state index in [9.17, 15) is 13.6 Å². The van der Waals surface area contributed by atoms with Gasteiger partial charge in [0.15, 0.2) is 11.6 Å². The number of hydrogen-bond acceptors (Lipinski definition) is 4. The largest absolute Gasteiger partial charge is 0.445 e. The van der Waals surface area contributed by atoms with Crippen molar-refractivity contribution in [3.8, 4) is 11.1 Å². The molecule has 0 atom stereocenters. The van der Waals surface area contributed by atoms with E-state index >= 15 is 0 Å². The van der Waals surface area contributed by atoms with Crippen LogP contribution in [-0.2, 0) is 6.54 Å². The summed E-state index contributed by atoms with van der Waals surface area (Å²) in [7, 11) is 0. The Kier molecular flexibility index (Phi) is 4.02. The monoisotopic (exact) mass is 406 g/mol. The van der Waals surface area contributed by atoms with Crippen LogP contribution in [0.1, 0.15) is 33.3 Å². The highest BCUT2D eigenvalue weighted by Crippen LogP contribution is 2.37. The molecule has 0 bridgehead atoms. The number of hydrogen-bond donors (Lipinski definition) is 2. The normalized spacial score (nSPS) is 12.9. The standard InChI is InChI=1S/C22H16F2N4O2/c1-10-20(27-11(2)30-10)22(29)28-18-6-12(5-13-9-26-21(24)19(13)18)16-7-14(23)8-17-15(16)3-4-25-17/h3-8,25H,9H2,1-2H3,(H,28,29). The zero-order valence-corrected chi connectivity index (χ0v) is 16.1. The van der Waals surface area contributed by atoms with Gasteiger partial charge in [-0.15, -0.1) is 0 Å². The molecule has 4 aromatic rings. The highest BCUT2D eigenvalue weighted by molar-refractivity contribution is 6.11. The first kappa shape index (κ1) is 18.2. The maximum atomic E-state index is 14.4. The van der Waals surface area contributed by atoms with Crippen LogP contribution < -0.4 is 5.32 Å². The second kappa shape index (κ2) is 6.62. The van der Waals surface area contributed by atoms with Gasteiger partial charge in [-0.05, 0) is 53.9 Å². The van der Waals surface area contributed by atoms with E-state index in [0.29, 0.717) is 33.9 Å². The fraction of sp³-hybridized carbons (Fsp3) is 0.136. The van der Waals surface area contributed by atoms with Crippen molar-refractivity contribution in [1.29, 1.82) is 0 Å². The molecule has 0 unspecified atom stereocenters. The predicted molar refractivity (Wildman–Crippen MR) is 109 cm³/mol. The first-order chi connectivity index (χ1) is 14.4. The molecule has 0 radical (unpaired) electrons. The highest BCUT2D eigenvalue weighted by Gasteiger charge is 2.25. The molecule has 2 aromatic carbocycles. The molecule has 150 valence electrons. The van der Waals surface area contributed by atoms with E-state index in [1.165, 1.54) is 12.1 Å². The Balaban J connectivity index is 1.65. The summed E-state index contributed by atoms with van der Waals surface area (Å²) >= 11 is 0. The molecule has 5 rings (SSSR count). The molecule has 8 heteroatoms. The van der Waals surface area contributed by atoms with Crippen LogP contribution in [0, 0.1) is 19.7 Å². The van der Waals surface area contributed by atoms with Gasteiger partial charge in [-0.25, -0.2) is 9.37 Å². The first-order valence-electron chi connectivity index (χ1n) is 9.30. The number of anilines is 1. The Morgan fingerprint density at radius 1 is 1.20 bits per heavy atom. The van der Waals surface area contributed by atoms with Crippen molar-refractivity contribution < 1.29 is 18.0 Å². The Morgan fingerprint density at radius 3 is 2.80 bits per heavy atom. The van der Waals surface area contributed by atoms with Gasteiger partial charge < -0.3 is 14.7 Å². The second-order valence-corrected chi connectivity index (χ2v) is 7.15. The molecule has 0 spiro atoms. The quantitative estimate of drug-likeness (QED) is 0.499. The molecule has 0 aliphatic carbocycles. The molecule has 1 aliphatic rings. The number of carbonyl (C=O) groups excluding carboxylic acids is 1. The maximum Gasteiger partial charge on any atom is 0.277 e. The first-order valence-corrected chi connectivity index (χ1v) is 9.30. The van der Waals surface area contributed by atoms with E-state index in [4.69, 9.17) is 4.42 Å². The number of benzene rings is 2. The van der Waals surface area contributed by atoms with Gasteiger partial charge in [0.05, 0.1) is 17.8 Å². The number of aliphatic imine (C=N–C) groups is 1. The molecule has 2 N–H and O–H groups in total. The third-order valence-corrected chi connectivity index (χ3v) is 5.13. The molecule has 0 saturated carbocycles. The Morgan fingerprint density at radius 2 is 2.03 bits per heavy atom. The van der Waals surface area contributed by atoms with Crippen LogP contribution in [0.2, 0.25) is 0 Å². The number of carbonyl (C=O) groups is 1. The zero-order valence-electron chi connectivity index (χ0n) is 16.1. The molecular weight excluding hydrogens is 390 g/mol. The van der Waals surface area contributed by atoms with Gasteiger partial charge in [0, 0.05) is 24.0 Å². The number of aromatic nitrogens is 2. The third-order valence-electron chi connectivity index (χ3n) is 5.13. The number of aromatic amines is 1. The minimum Gasteiger partial charge on any atom is -0.445 e. The average Bonchev–Trinajstić information content (AvgIpc) is 3.39. The molecule has 3 heterocycles. The molecule has 0 fully saturated rings. The molecule has 6 nitrogen and oxygen atoms in total. The fourth-order valence-corrected chi connectivity index (χ4v) is 3.85. The summed E-state index contributed by atoms with van der Waals surface area (Å²) < 4.78 is 33.9. The van der Waals surface area contributed by atoms with Gasteiger partial charge in [0.25, 0.3) is 5.91 Å². The Bertz CT molecular complexity index is 1370. The van der Waals surface area contributed by atoms with Gasteiger partial charge in [-0.1, -0.05) is 0 Å². The summed E-state index contributed by atoms with van der Waals surface area (Å²) in [5.74, 6) is -0.840. The van der Waals surface area contributed by atoms with E-state index in [0.717, 1.165) is 5.39 Å². The number of H-pyrrole nitrogens is 1. The van der Waals surface area contributed by atoms with Crippen molar-refractivity contribution in [3.63, 3.8) is 0 Å². The van der Waals surface area contributed by atoms with Gasteiger partial charge in [0.1, 0.15) is 11.6 Å². The van der Waals surface area contributed by atoms with Crippen LogP contribution in [0.5, 0.6) is 0 Å². The minimum atomic E-state index is -0.647. The SMILES string of the molecule is Cc1nc(C(=O)Nc2cc(-c3cc(F)cc4[nH]ccc34)cc3c2C(F)=NC3)c(C)o1. The lowest BCUT2D eigenvalue weighted by atomic mass is 9.96. The van der Waals surface area contributed by atoms with Crippen LogP contribution in [0.25, 0.3) is 22.0 Å². The molecule has 1 amide bonds. The second-order valence-electron chi connectivity index (χ2n) is 7.15. The van der Waals surface area contributed by atoms with Crippen molar-refractivity contribution in [1.82, 2.24) is 9.97 Å². The number of nitrogens with one attached hydrogen (secondary N) is 2. The van der Waals surface area contributed by atoms with Crippen LogP contribution in [-0.4, -0.2) is 21.8 Å². The number of fused-ring (bicyclic) bond motifs is 2. The summed E-state index contributed by atoms with van der Waals surface area (Å²) in [4.78, 5) is 23.7. The molecule has 1 aliphatic heterocycles. The van der Waals surface area contributed by atoms with Crippen molar-refractivity contribution in [2.45, 2.75) is 20.4 Å². The maximum absolute atomic E-state index is 14.4. The lowest BCUT2D eigenvalue weighted by molar-refractivity contribution is 0.102. The summed E-state index contributed by atoms with van der Waals surface area (Å²) in [5, 5.41) is 3.54. The molecular formula is C22H16F2N4O2. The highest BCUT2D eigenvalue weighted by atomic mass is 19.1. The summed E-state index contributed by atoms with van der Waals surface area (Å²) in [5.41, 5.74) is 3.14. The van der Waals surface area contributed by atoms with Gasteiger partial charge >= 0.3 is 0 Å². The summed E-state index contributed by atoms with van der Waals surface area (Å²) in [6, 6.07) is 8.07. The topological polar surface area (TPSA) is 83.3 Å².